The molecule has 0 radical (unpaired) electrons. The van der Waals surface area contributed by atoms with Crippen LogP contribution in [0.1, 0.15) is 12.0 Å². The van der Waals surface area contributed by atoms with E-state index in [4.69, 9.17) is 4.74 Å². The smallest absolute Gasteiger partial charge is 0.192 e. The van der Waals surface area contributed by atoms with Gasteiger partial charge in [0.05, 0.1) is 7.11 Å². The number of methoxy groups -OCH3 is 1. The Morgan fingerprint density at radius 2 is 2.00 bits per heavy atom. The van der Waals surface area contributed by atoms with Crippen molar-refractivity contribution < 1.29 is 9.53 Å². The predicted octanol–water partition coefficient (Wildman–Crippen LogP) is 2.59. The maximum Gasteiger partial charge on any atom is 0.192 e. The molecule has 0 spiro atoms. The molecule has 70 valence electrons. The van der Waals surface area contributed by atoms with Crippen molar-refractivity contribution >= 4 is 26.4 Å². The SMILES string of the molecule is COc1ccc(CCC(=O)I)cc1. The number of halogens is 1. The molecular formula is C10H11IO2. The molecule has 0 N–H and O–H groups in total. The molecule has 1 aromatic carbocycles. The highest BCUT2D eigenvalue weighted by Crippen LogP contribution is 2.13. The summed E-state index contributed by atoms with van der Waals surface area (Å²) in [7, 11) is 1.64. The van der Waals surface area contributed by atoms with Gasteiger partial charge in [-0.1, -0.05) is 12.1 Å². The maximum atomic E-state index is 10.7. The number of hydrogen-bond acceptors (Lipinski definition) is 2. The number of carbonyl (C=O) groups excluding carboxylic acids is 1. The summed E-state index contributed by atoms with van der Waals surface area (Å²) in [4.78, 5) is 10.7. The molecule has 0 amide bonds. The van der Waals surface area contributed by atoms with Crippen LogP contribution in [0.2, 0.25) is 0 Å². The molecule has 0 saturated carbocycles. The molecule has 0 saturated heterocycles. The molecule has 1 rings (SSSR count). The molecular weight excluding hydrogens is 279 g/mol. The molecule has 3 heteroatoms. The van der Waals surface area contributed by atoms with Crippen molar-refractivity contribution in [3.05, 3.63) is 29.8 Å². The van der Waals surface area contributed by atoms with Gasteiger partial charge in [-0.05, 0) is 46.7 Å². The fraction of sp³-hybridized carbons (Fsp3) is 0.300. The Bertz CT molecular complexity index is 279. The van der Waals surface area contributed by atoms with E-state index in [2.05, 4.69) is 0 Å². The third-order valence-electron chi connectivity index (χ3n) is 1.77. The molecule has 0 aromatic heterocycles. The minimum Gasteiger partial charge on any atom is -0.497 e. The number of benzene rings is 1. The second kappa shape index (κ2) is 5.21. The molecule has 0 atom stereocenters. The van der Waals surface area contributed by atoms with E-state index in [1.165, 1.54) is 5.56 Å². The first-order valence-electron chi connectivity index (χ1n) is 4.03. The number of hydrogen-bond donors (Lipinski definition) is 0. The average Bonchev–Trinajstić information content (AvgIpc) is 2.15. The first-order chi connectivity index (χ1) is 6.22. The Morgan fingerprint density at radius 1 is 1.38 bits per heavy atom. The van der Waals surface area contributed by atoms with E-state index in [0.717, 1.165) is 12.2 Å². The van der Waals surface area contributed by atoms with Gasteiger partial charge in [0.2, 0.25) is 0 Å². The van der Waals surface area contributed by atoms with Gasteiger partial charge in [-0.15, -0.1) is 0 Å². The van der Waals surface area contributed by atoms with Crippen LogP contribution in [-0.4, -0.2) is 10.9 Å². The van der Waals surface area contributed by atoms with Crippen LogP contribution in [0.25, 0.3) is 0 Å². The minimum atomic E-state index is 0.202. The summed E-state index contributed by atoms with van der Waals surface area (Å²) in [5.41, 5.74) is 1.17. The number of ether oxygens (including phenoxy) is 1. The molecule has 1 aromatic rings. The Hall–Kier alpha value is -0.580. The molecule has 0 aliphatic heterocycles. The van der Waals surface area contributed by atoms with Gasteiger partial charge in [0.25, 0.3) is 0 Å². The van der Waals surface area contributed by atoms with E-state index < -0.39 is 0 Å². The predicted molar refractivity (Wildman–Crippen MR) is 60.3 cm³/mol. The molecule has 0 aliphatic rings. The first kappa shape index (κ1) is 10.5. The van der Waals surface area contributed by atoms with Crippen molar-refractivity contribution in [1.82, 2.24) is 0 Å². The molecule has 0 fully saturated rings. The van der Waals surface area contributed by atoms with Crippen LogP contribution in [0, 0.1) is 0 Å². The van der Waals surface area contributed by atoms with Gasteiger partial charge in [0.15, 0.2) is 3.79 Å². The number of carbonyl (C=O) groups is 1. The highest BCUT2D eigenvalue weighted by atomic mass is 127. The van der Waals surface area contributed by atoms with Crippen molar-refractivity contribution in [1.29, 1.82) is 0 Å². The normalized spacial score (nSPS) is 9.69. The molecule has 0 unspecified atom stereocenters. The van der Waals surface area contributed by atoms with Crippen LogP contribution in [0.3, 0.4) is 0 Å². The largest absolute Gasteiger partial charge is 0.497 e. The van der Waals surface area contributed by atoms with E-state index in [1.807, 2.05) is 46.9 Å². The highest BCUT2D eigenvalue weighted by molar-refractivity contribution is 14.1. The monoisotopic (exact) mass is 290 g/mol. The average molecular weight is 290 g/mol. The van der Waals surface area contributed by atoms with Crippen molar-refractivity contribution in [3.8, 4) is 5.75 Å². The molecule has 0 bridgehead atoms. The first-order valence-corrected chi connectivity index (χ1v) is 5.11. The summed E-state index contributed by atoms with van der Waals surface area (Å²) in [6.07, 6.45) is 1.42. The zero-order valence-electron chi connectivity index (χ0n) is 7.42. The lowest BCUT2D eigenvalue weighted by molar-refractivity contribution is -0.109. The van der Waals surface area contributed by atoms with Crippen molar-refractivity contribution in [2.24, 2.45) is 0 Å². The van der Waals surface area contributed by atoms with Gasteiger partial charge in [0, 0.05) is 6.42 Å². The summed E-state index contributed by atoms with van der Waals surface area (Å²) in [5.74, 6) is 0.851. The highest BCUT2D eigenvalue weighted by Gasteiger charge is 1.97. The van der Waals surface area contributed by atoms with Gasteiger partial charge in [-0.2, -0.15) is 0 Å². The Balaban J connectivity index is 2.54. The van der Waals surface area contributed by atoms with E-state index >= 15 is 0 Å². The Kier molecular flexibility index (Phi) is 4.21. The Morgan fingerprint density at radius 3 is 2.46 bits per heavy atom. The van der Waals surface area contributed by atoms with Crippen LogP contribution in [0.15, 0.2) is 24.3 Å². The third-order valence-corrected chi connectivity index (χ3v) is 2.31. The maximum absolute atomic E-state index is 10.7. The minimum absolute atomic E-state index is 0.202. The summed E-state index contributed by atoms with van der Waals surface area (Å²) < 4.78 is 5.23. The molecule has 13 heavy (non-hydrogen) atoms. The van der Waals surface area contributed by atoms with Gasteiger partial charge in [-0.25, -0.2) is 0 Å². The van der Waals surface area contributed by atoms with Crippen LogP contribution in [-0.2, 0) is 11.2 Å². The van der Waals surface area contributed by atoms with E-state index in [-0.39, 0.29) is 3.79 Å². The second-order valence-corrected chi connectivity index (χ2v) is 3.91. The zero-order chi connectivity index (χ0) is 9.68. The van der Waals surface area contributed by atoms with E-state index in [1.54, 1.807) is 7.11 Å². The quantitative estimate of drug-likeness (QED) is 0.629. The molecule has 2 nitrogen and oxygen atoms in total. The second-order valence-electron chi connectivity index (χ2n) is 2.70. The fourth-order valence-corrected chi connectivity index (χ4v) is 1.30. The fourth-order valence-electron chi connectivity index (χ4n) is 1.03. The van der Waals surface area contributed by atoms with Crippen LogP contribution in [0.5, 0.6) is 5.75 Å². The topological polar surface area (TPSA) is 26.3 Å². The van der Waals surface area contributed by atoms with Crippen LogP contribution >= 0.6 is 22.6 Å². The third kappa shape index (κ3) is 3.76. The standard InChI is InChI=1S/C10H11IO2/c1-13-9-5-2-8(3-6-9)4-7-10(11)12/h2-3,5-6H,4,7H2,1H3. The van der Waals surface area contributed by atoms with Gasteiger partial charge >= 0.3 is 0 Å². The molecule has 0 heterocycles. The molecule has 0 aliphatic carbocycles. The van der Waals surface area contributed by atoms with Crippen LogP contribution < -0.4 is 4.74 Å². The lowest BCUT2D eigenvalue weighted by atomic mass is 10.1. The van der Waals surface area contributed by atoms with Gasteiger partial charge < -0.3 is 4.74 Å². The van der Waals surface area contributed by atoms with Gasteiger partial charge in [0.1, 0.15) is 5.75 Å². The van der Waals surface area contributed by atoms with E-state index in [0.29, 0.717) is 6.42 Å². The summed E-state index contributed by atoms with van der Waals surface area (Å²) >= 11 is 1.82. The Labute approximate surface area is 91.4 Å². The summed E-state index contributed by atoms with van der Waals surface area (Å²) in [6, 6.07) is 7.79. The lowest BCUT2D eigenvalue weighted by Crippen LogP contribution is -1.91. The zero-order valence-corrected chi connectivity index (χ0v) is 9.58. The lowest BCUT2D eigenvalue weighted by Gasteiger charge is -2.01. The van der Waals surface area contributed by atoms with Crippen molar-refractivity contribution in [3.63, 3.8) is 0 Å². The summed E-state index contributed by atoms with van der Waals surface area (Å²) in [5, 5.41) is 0. The van der Waals surface area contributed by atoms with Crippen molar-refractivity contribution in [2.45, 2.75) is 12.8 Å². The van der Waals surface area contributed by atoms with Crippen molar-refractivity contribution in [2.75, 3.05) is 7.11 Å². The number of aryl methyl sites for hydroxylation is 1. The van der Waals surface area contributed by atoms with E-state index in [9.17, 15) is 4.79 Å². The van der Waals surface area contributed by atoms with Crippen LogP contribution in [0.4, 0.5) is 0 Å². The summed E-state index contributed by atoms with van der Waals surface area (Å²) in [6.45, 7) is 0. The van der Waals surface area contributed by atoms with Gasteiger partial charge in [-0.3, -0.25) is 4.79 Å². The number of rotatable bonds is 4.